The van der Waals surface area contributed by atoms with Gasteiger partial charge in [0.1, 0.15) is 11.9 Å². The van der Waals surface area contributed by atoms with E-state index in [0.29, 0.717) is 18.7 Å². The number of carbonyl (C=O) groups excluding carboxylic acids is 1. The molecular weight excluding hydrogens is 378 g/mol. The van der Waals surface area contributed by atoms with Crippen LogP contribution in [0.25, 0.3) is 11.4 Å². The maximum atomic E-state index is 12.3. The van der Waals surface area contributed by atoms with Gasteiger partial charge in [-0.05, 0) is 31.2 Å². The van der Waals surface area contributed by atoms with E-state index in [2.05, 4.69) is 18.1 Å². The minimum atomic E-state index is -0.524. The van der Waals surface area contributed by atoms with Crippen molar-refractivity contribution in [2.45, 2.75) is 38.5 Å². The van der Waals surface area contributed by atoms with Gasteiger partial charge in [-0.15, -0.1) is 5.10 Å². The molecule has 0 aliphatic heterocycles. The van der Waals surface area contributed by atoms with Crippen molar-refractivity contribution in [3.05, 3.63) is 52.9 Å². The summed E-state index contributed by atoms with van der Waals surface area (Å²) >= 11 is 0. The molecule has 1 heterocycles. The summed E-state index contributed by atoms with van der Waals surface area (Å²) in [5.41, 5.74) is 9.84. The number of allylic oxidation sites excluding steroid dienone is 2. The van der Waals surface area contributed by atoms with Crippen LogP contribution in [0.3, 0.4) is 0 Å². The van der Waals surface area contributed by atoms with E-state index in [0.717, 1.165) is 28.9 Å². The van der Waals surface area contributed by atoms with Crippen molar-refractivity contribution in [1.29, 1.82) is 5.26 Å². The van der Waals surface area contributed by atoms with Crippen molar-refractivity contribution in [3.63, 3.8) is 0 Å². The molecule has 0 saturated heterocycles. The highest BCUT2D eigenvalue weighted by atomic mass is 16.1. The number of aromatic nitrogens is 2. The van der Waals surface area contributed by atoms with E-state index in [-0.39, 0.29) is 23.2 Å². The Bertz CT molecular complexity index is 1130. The minimum absolute atomic E-state index is 0.0900. The number of carbonyl (C=O) groups is 1. The summed E-state index contributed by atoms with van der Waals surface area (Å²) in [6.07, 6.45) is 3.66. The average molecular weight is 403 g/mol. The molecule has 2 aliphatic rings. The van der Waals surface area contributed by atoms with Crippen molar-refractivity contribution >= 4 is 11.7 Å². The number of nitriles is 1. The molecule has 0 bridgehead atoms. The fourth-order valence-corrected chi connectivity index (χ4v) is 4.69. The molecule has 8 nitrogen and oxygen atoms in total. The number of hydrazone groups is 1. The summed E-state index contributed by atoms with van der Waals surface area (Å²) in [7, 11) is 1.61. The number of ketones is 1. The zero-order chi connectivity index (χ0) is 21.6. The summed E-state index contributed by atoms with van der Waals surface area (Å²) in [5.74, 6) is 6.65. The van der Waals surface area contributed by atoms with Gasteiger partial charge in [0, 0.05) is 24.4 Å². The van der Waals surface area contributed by atoms with Crippen molar-refractivity contribution in [2.75, 3.05) is 7.05 Å². The van der Waals surface area contributed by atoms with Gasteiger partial charge in [-0.1, -0.05) is 37.3 Å². The van der Waals surface area contributed by atoms with Crippen LogP contribution in [0, 0.1) is 24.2 Å². The number of hydrogen-bond acceptors (Lipinski definition) is 6. The fraction of sp³-hybridized carbons (Fsp3) is 0.364. The lowest BCUT2D eigenvalue weighted by Gasteiger charge is -2.41. The highest BCUT2D eigenvalue weighted by molar-refractivity contribution is 6.00. The third kappa shape index (κ3) is 2.99. The first-order valence-corrected chi connectivity index (χ1v) is 9.93. The van der Waals surface area contributed by atoms with Crippen LogP contribution in [0.2, 0.25) is 0 Å². The summed E-state index contributed by atoms with van der Waals surface area (Å²) in [6.45, 7) is 4.08. The Morgan fingerprint density at radius 1 is 1.43 bits per heavy atom. The number of nitrogens with zero attached hydrogens (tertiary/aromatic N) is 5. The van der Waals surface area contributed by atoms with E-state index >= 15 is 0 Å². The Labute approximate surface area is 175 Å². The number of fused-ring (bicyclic) bond motifs is 3. The topological polar surface area (TPSA) is 126 Å². The molecular formula is C22H25N7O. The fourth-order valence-electron chi connectivity index (χ4n) is 4.69. The Kier molecular flexibility index (Phi) is 4.71. The van der Waals surface area contributed by atoms with Gasteiger partial charge in [0.25, 0.3) is 0 Å². The van der Waals surface area contributed by atoms with E-state index in [9.17, 15) is 10.1 Å². The molecule has 0 fully saturated rings. The predicted octanol–water partition coefficient (Wildman–Crippen LogP) is 1.98. The van der Waals surface area contributed by atoms with Crippen LogP contribution in [-0.2, 0) is 16.6 Å². The van der Waals surface area contributed by atoms with E-state index in [1.54, 1.807) is 13.1 Å². The van der Waals surface area contributed by atoms with Crippen molar-refractivity contribution in [2.24, 2.45) is 22.6 Å². The third-order valence-electron chi connectivity index (χ3n) is 6.23. The largest absolute Gasteiger partial charge is 0.368 e. The van der Waals surface area contributed by atoms with Crippen LogP contribution >= 0.6 is 0 Å². The van der Waals surface area contributed by atoms with Crippen molar-refractivity contribution in [1.82, 2.24) is 14.7 Å². The lowest BCUT2D eigenvalue weighted by atomic mass is 9.62. The predicted molar refractivity (Wildman–Crippen MR) is 114 cm³/mol. The number of nitrogens with two attached hydrogens (primary N) is 2. The normalized spacial score (nSPS) is 23.3. The number of hydrazine groups is 1. The van der Waals surface area contributed by atoms with Gasteiger partial charge in [-0.3, -0.25) is 9.36 Å². The van der Waals surface area contributed by atoms with Crippen LogP contribution in [0.15, 0.2) is 41.0 Å². The molecule has 2 unspecified atom stereocenters. The van der Waals surface area contributed by atoms with Gasteiger partial charge in [0.05, 0.1) is 17.0 Å². The van der Waals surface area contributed by atoms with Gasteiger partial charge in [0.15, 0.2) is 5.78 Å². The number of imidazole rings is 1. The zero-order valence-corrected chi connectivity index (χ0v) is 17.4. The lowest BCUT2D eigenvalue weighted by Crippen LogP contribution is -2.41. The van der Waals surface area contributed by atoms with Gasteiger partial charge in [-0.25, -0.2) is 15.9 Å². The van der Waals surface area contributed by atoms with Gasteiger partial charge < -0.3 is 5.73 Å². The second-order valence-electron chi connectivity index (χ2n) is 8.23. The molecule has 0 spiro atoms. The quantitative estimate of drug-likeness (QED) is 0.342. The Hall–Kier alpha value is -3.44. The molecule has 1 aromatic carbocycles. The molecule has 0 radical (unpaired) electrons. The van der Waals surface area contributed by atoms with E-state index in [1.807, 2.05) is 35.8 Å². The van der Waals surface area contributed by atoms with E-state index in [1.165, 1.54) is 5.12 Å². The maximum Gasteiger partial charge on any atom is 0.225 e. The maximum absolute atomic E-state index is 12.3. The number of benzene rings is 1. The Morgan fingerprint density at radius 2 is 2.17 bits per heavy atom. The molecule has 4 N–H and O–H groups in total. The van der Waals surface area contributed by atoms with Crippen LogP contribution in [0.4, 0.5) is 0 Å². The molecule has 1 aromatic heterocycles. The number of Topliss-reactive ketones (excluding diaryl/α,β-unsaturated/α-hetero) is 1. The molecule has 2 aromatic rings. The third-order valence-corrected chi connectivity index (χ3v) is 6.23. The Balaban J connectivity index is 2.01. The summed E-state index contributed by atoms with van der Waals surface area (Å²) in [5, 5.41) is 14.8. The molecule has 2 atom stereocenters. The molecule has 4 rings (SSSR count). The van der Waals surface area contributed by atoms with Crippen molar-refractivity contribution in [3.8, 4) is 17.5 Å². The highest BCUT2D eigenvalue weighted by Gasteiger charge is 2.47. The first kappa shape index (κ1) is 19.9. The van der Waals surface area contributed by atoms with Crippen LogP contribution < -0.4 is 11.6 Å². The number of hydrogen-bond donors (Lipinski definition) is 2. The smallest absolute Gasteiger partial charge is 0.225 e. The van der Waals surface area contributed by atoms with Gasteiger partial charge >= 0.3 is 0 Å². The van der Waals surface area contributed by atoms with Crippen LogP contribution in [0.1, 0.15) is 36.7 Å². The zero-order valence-electron chi connectivity index (χ0n) is 17.4. The molecule has 8 heteroatoms. The lowest BCUT2D eigenvalue weighted by molar-refractivity contribution is -0.117. The second-order valence-corrected chi connectivity index (χ2v) is 8.23. The SMILES string of the molecule is Cc1ccccc1-c1nc2c(n1/C(N)=N/N(C)N)CCC1CC(=O)C(C#N)=CC21C. The first-order valence-electron chi connectivity index (χ1n) is 9.93. The molecule has 0 amide bonds. The molecule has 30 heavy (non-hydrogen) atoms. The van der Waals surface area contributed by atoms with Gasteiger partial charge in [-0.2, -0.15) is 5.26 Å². The number of rotatable bonds is 2. The summed E-state index contributed by atoms with van der Waals surface area (Å²) in [6, 6.07) is 10.0. The highest BCUT2D eigenvalue weighted by Crippen LogP contribution is 2.48. The monoisotopic (exact) mass is 403 g/mol. The van der Waals surface area contributed by atoms with Crippen molar-refractivity contribution < 1.29 is 4.79 Å². The first-order chi connectivity index (χ1) is 14.3. The van der Waals surface area contributed by atoms with Crippen LogP contribution in [0.5, 0.6) is 0 Å². The molecule has 0 saturated carbocycles. The molecule has 2 aliphatic carbocycles. The standard InChI is InChI=1S/C22H25N7O/c1-13-6-4-5-7-16(13)20-26-19-17(29(20)21(24)27-28(3)25)9-8-15-10-18(30)14(12-23)11-22(15,19)2/h4-7,11,15H,8-10,25H2,1-3H3,(H2,24,27). The van der Waals surface area contributed by atoms with E-state index < -0.39 is 5.41 Å². The van der Waals surface area contributed by atoms with Gasteiger partial charge in [0.2, 0.25) is 5.96 Å². The summed E-state index contributed by atoms with van der Waals surface area (Å²) < 4.78 is 1.86. The second kappa shape index (κ2) is 7.11. The average Bonchev–Trinajstić information content (AvgIpc) is 3.09. The van der Waals surface area contributed by atoms with Crippen LogP contribution in [-0.4, -0.2) is 33.5 Å². The minimum Gasteiger partial charge on any atom is -0.368 e. The van der Waals surface area contributed by atoms with E-state index in [4.69, 9.17) is 16.6 Å². The molecule has 154 valence electrons. The Morgan fingerprint density at radius 3 is 2.83 bits per heavy atom. The number of aryl methyl sites for hydroxylation is 1. The summed E-state index contributed by atoms with van der Waals surface area (Å²) in [4.78, 5) is 17.4.